The van der Waals surface area contributed by atoms with E-state index >= 15 is 0 Å². The third kappa shape index (κ3) is 2.55. The van der Waals surface area contributed by atoms with Gasteiger partial charge in [0, 0.05) is 22.4 Å². The Bertz CT molecular complexity index is 537. The SMILES string of the molecule is Cc1cnc(Nc2c(F)cccc2Br)cc1N. The van der Waals surface area contributed by atoms with E-state index in [4.69, 9.17) is 5.73 Å². The Hall–Kier alpha value is -1.62. The number of aromatic nitrogens is 1. The summed E-state index contributed by atoms with van der Waals surface area (Å²) in [7, 11) is 0. The Kier molecular flexibility index (Phi) is 3.28. The minimum atomic E-state index is -0.347. The molecule has 0 spiro atoms. The third-order valence-electron chi connectivity index (χ3n) is 2.36. The quantitative estimate of drug-likeness (QED) is 0.890. The van der Waals surface area contributed by atoms with Gasteiger partial charge in [-0.2, -0.15) is 0 Å². The highest BCUT2D eigenvalue weighted by Gasteiger charge is 2.07. The minimum absolute atomic E-state index is 0.347. The van der Waals surface area contributed by atoms with Gasteiger partial charge in [-0.25, -0.2) is 9.37 Å². The molecule has 0 fully saturated rings. The lowest BCUT2D eigenvalue weighted by molar-refractivity contribution is 0.631. The summed E-state index contributed by atoms with van der Waals surface area (Å²) in [5, 5.41) is 2.90. The number of benzene rings is 1. The molecule has 0 unspecified atom stereocenters. The highest BCUT2D eigenvalue weighted by atomic mass is 79.9. The first-order chi connectivity index (χ1) is 8.08. The summed E-state index contributed by atoms with van der Waals surface area (Å²) in [6.07, 6.45) is 1.65. The van der Waals surface area contributed by atoms with Gasteiger partial charge in [-0.15, -0.1) is 0 Å². The van der Waals surface area contributed by atoms with E-state index < -0.39 is 0 Å². The van der Waals surface area contributed by atoms with E-state index in [9.17, 15) is 4.39 Å². The zero-order chi connectivity index (χ0) is 12.4. The predicted octanol–water partition coefficient (Wildman–Crippen LogP) is 3.62. The average molecular weight is 296 g/mol. The Morgan fingerprint density at radius 3 is 2.82 bits per heavy atom. The molecule has 2 aromatic rings. The van der Waals surface area contributed by atoms with Crippen molar-refractivity contribution in [3.63, 3.8) is 0 Å². The zero-order valence-corrected chi connectivity index (χ0v) is 10.8. The number of para-hydroxylation sites is 1. The molecule has 0 radical (unpaired) electrons. The zero-order valence-electron chi connectivity index (χ0n) is 9.17. The van der Waals surface area contributed by atoms with Gasteiger partial charge >= 0.3 is 0 Å². The molecule has 1 aromatic carbocycles. The summed E-state index contributed by atoms with van der Waals surface area (Å²) >= 11 is 3.28. The first-order valence-electron chi connectivity index (χ1n) is 5.01. The molecule has 0 aliphatic rings. The monoisotopic (exact) mass is 295 g/mol. The first-order valence-corrected chi connectivity index (χ1v) is 5.80. The van der Waals surface area contributed by atoms with Crippen molar-refractivity contribution in [2.75, 3.05) is 11.1 Å². The largest absolute Gasteiger partial charge is 0.398 e. The first kappa shape index (κ1) is 11.9. The van der Waals surface area contributed by atoms with E-state index in [0.717, 1.165) is 5.56 Å². The molecule has 1 heterocycles. The molecule has 0 bridgehead atoms. The van der Waals surface area contributed by atoms with Crippen molar-refractivity contribution in [2.24, 2.45) is 0 Å². The second-order valence-corrected chi connectivity index (χ2v) is 4.50. The normalized spacial score (nSPS) is 10.3. The average Bonchev–Trinajstić information content (AvgIpc) is 2.28. The number of aryl methyl sites for hydroxylation is 1. The lowest BCUT2D eigenvalue weighted by Crippen LogP contribution is -1.99. The summed E-state index contributed by atoms with van der Waals surface area (Å²) in [6, 6.07) is 6.43. The van der Waals surface area contributed by atoms with Crippen LogP contribution in [-0.4, -0.2) is 4.98 Å². The van der Waals surface area contributed by atoms with E-state index in [1.807, 2.05) is 6.92 Å². The molecule has 17 heavy (non-hydrogen) atoms. The van der Waals surface area contributed by atoms with Crippen molar-refractivity contribution >= 4 is 33.1 Å². The molecule has 0 aliphatic carbocycles. The van der Waals surface area contributed by atoms with E-state index in [2.05, 4.69) is 26.2 Å². The third-order valence-corrected chi connectivity index (χ3v) is 3.02. The summed E-state index contributed by atoms with van der Waals surface area (Å²) < 4.78 is 14.2. The molecule has 88 valence electrons. The van der Waals surface area contributed by atoms with Crippen LogP contribution in [0.15, 0.2) is 34.9 Å². The Labute approximate surface area is 107 Å². The molecule has 1 aromatic heterocycles. The summed E-state index contributed by atoms with van der Waals surface area (Å²) in [6.45, 7) is 1.87. The Balaban J connectivity index is 2.35. The van der Waals surface area contributed by atoms with Crippen molar-refractivity contribution in [1.82, 2.24) is 4.98 Å². The van der Waals surface area contributed by atoms with Gasteiger partial charge in [0.05, 0.1) is 5.69 Å². The Morgan fingerprint density at radius 1 is 1.41 bits per heavy atom. The van der Waals surface area contributed by atoms with Crippen LogP contribution in [0.5, 0.6) is 0 Å². The van der Waals surface area contributed by atoms with Gasteiger partial charge in [0.15, 0.2) is 0 Å². The molecule has 3 N–H and O–H groups in total. The van der Waals surface area contributed by atoms with Gasteiger partial charge in [0.2, 0.25) is 0 Å². The fourth-order valence-electron chi connectivity index (χ4n) is 1.35. The lowest BCUT2D eigenvalue weighted by Gasteiger charge is -2.10. The van der Waals surface area contributed by atoms with E-state index in [1.54, 1.807) is 24.4 Å². The number of halogens is 2. The number of nitrogens with two attached hydrogens (primary N) is 1. The number of nitrogen functional groups attached to an aromatic ring is 1. The van der Waals surface area contributed by atoms with Crippen LogP contribution in [0, 0.1) is 12.7 Å². The number of hydrogen-bond acceptors (Lipinski definition) is 3. The topological polar surface area (TPSA) is 50.9 Å². The fourth-order valence-corrected chi connectivity index (χ4v) is 1.79. The van der Waals surface area contributed by atoms with Crippen LogP contribution in [0.2, 0.25) is 0 Å². The minimum Gasteiger partial charge on any atom is -0.398 e. The van der Waals surface area contributed by atoms with Crippen LogP contribution in [0.4, 0.5) is 21.6 Å². The number of nitrogens with one attached hydrogen (secondary N) is 1. The molecule has 0 amide bonds. The second kappa shape index (κ2) is 4.71. The van der Waals surface area contributed by atoms with Crippen molar-refractivity contribution in [3.8, 4) is 0 Å². The van der Waals surface area contributed by atoms with Gasteiger partial charge in [-0.1, -0.05) is 6.07 Å². The van der Waals surface area contributed by atoms with Gasteiger partial charge in [-0.05, 0) is 40.5 Å². The van der Waals surface area contributed by atoms with Gasteiger partial charge in [-0.3, -0.25) is 0 Å². The van der Waals surface area contributed by atoms with Crippen molar-refractivity contribution in [1.29, 1.82) is 0 Å². The molecule has 0 saturated carbocycles. The number of pyridine rings is 1. The predicted molar refractivity (Wildman–Crippen MR) is 70.8 cm³/mol. The van der Waals surface area contributed by atoms with Crippen LogP contribution in [0.1, 0.15) is 5.56 Å². The van der Waals surface area contributed by atoms with Crippen molar-refractivity contribution in [3.05, 3.63) is 46.3 Å². The summed E-state index contributed by atoms with van der Waals surface area (Å²) in [4.78, 5) is 4.14. The molecule has 0 saturated heterocycles. The molecular weight excluding hydrogens is 285 g/mol. The van der Waals surface area contributed by atoms with Crippen LogP contribution in [0.3, 0.4) is 0 Å². The number of nitrogens with zero attached hydrogens (tertiary/aromatic N) is 1. The second-order valence-electron chi connectivity index (χ2n) is 3.65. The number of anilines is 3. The maximum absolute atomic E-state index is 13.6. The van der Waals surface area contributed by atoms with E-state index in [-0.39, 0.29) is 5.82 Å². The molecule has 0 aliphatic heterocycles. The van der Waals surface area contributed by atoms with Gasteiger partial charge in [0.1, 0.15) is 11.6 Å². The van der Waals surface area contributed by atoms with Crippen LogP contribution >= 0.6 is 15.9 Å². The van der Waals surface area contributed by atoms with Crippen LogP contribution in [-0.2, 0) is 0 Å². The standard InChI is InChI=1S/C12H11BrFN3/c1-7-6-16-11(5-10(7)15)17-12-8(13)3-2-4-9(12)14/h2-6H,1H3,(H3,15,16,17). The molecule has 2 rings (SSSR count). The van der Waals surface area contributed by atoms with Gasteiger partial charge in [0.25, 0.3) is 0 Å². The maximum Gasteiger partial charge on any atom is 0.147 e. The fraction of sp³-hybridized carbons (Fsp3) is 0.0833. The van der Waals surface area contributed by atoms with Crippen molar-refractivity contribution in [2.45, 2.75) is 6.92 Å². The highest BCUT2D eigenvalue weighted by molar-refractivity contribution is 9.10. The molecule has 3 nitrogen and oxygen atoms in total. The number of rotatable bonds is 2. The van der Waals surface area contributed by atoms with Crippen molar-refractivity contribution < 1.29 is 4.39 Å². The summed E-state index contributed by atoms with van der Waals surface area (Å²) in [5.41, 5.74) is 7.63. The Morgan fingerprint density at radius 2 is 2.18 bits per heavy atom. The van der Waals surface area contributed by atoms with E-state index in [1.165, 1.54) is 6.07 Å². The van der Waals surface area contributed by atoms with Crippen LogP contribution in [0.25, 0.3) is 0 Å². The lowest BCUT2D eigenvalue weighted by atomic mass is 10.2. The maximum atomic E-state index is 13.6. The smallest absolute Gasteiger partial charge is 0.147 e. The summed E-state index contributed by atoms with van der Waals surface area (Å²) in [5.74, 6) is 0.166. The van der Waals surface area contributed by atoms with E-state index in [0.29, 0.717) is 21.7 Å². The highest BCUT2D eigenvalue weighted by Crippen LogP contribution is 2.28. The molecule has 0 atom stereocenters. The van der Waals surface area contributed by atoms with Gasteiger partial charge < -0.3 is 11.1 Å². The van der Waals surface area contributed by atoms with Crippen LogP contribution < -0.4 is 11.1 Å². The molecular formula is C12H11BrFN3. The molecule has 5 heteroatoms. The number of hydrogen-bond donors (Lipinski definition) is 2.